The van der Waals surface area contributed by atoms with E-state index in [-0.39, 0.29) is 42.8 Å². The largest absolute Gasteiger partial charge is 0.433 e. The van der Waals surface area contributed by atoms with Crippen molar-refractivity contribution in [2.75, 3.05) is 13.1 Å². The van der Waals surface area contributed by atoms with Crippen molar-refractivity contribution in [2.45, 2.75) is 32.3 Å². The number of aromatic nitrogens is 2. The molecule has 2 atom stereocenters. The topological polar surface area (TPSA) is 55.3 Å². The van der Waals surface area contributed by atoms with Crippen LogP contribution in [0.5, 0.6) is 0 Å². The van der Waals surface area contributed by atoms with E-state index in [0.29, 0.717) is 22.4 Å². The summed E-state index contributed by atoms with van der Waals surface area (Å²) in [5.74, 6) is -0.518. The summed E-state index contributed by atoms with van der Waals surface area (Å²) in [5.41, 5.74) is 0.0230. The Morgan fingerprint density at radius 2 is 2.19 bits per heavy atom. The lowest BCUT2D eigenvalue weighted by Crippen LogP contribution is -2.30. The van der Waals surface area contributed by atoms with Gasteiger partial charge in [0.25, 0.3) is 5.91 Å². The van der Waals surface area contributed by atoms with Crippen LogP contribution in [0, 0.1) is 6.92 Å². The third kappa shape index (κ3) is 4.76. The highest BCUT2D eigenvalue weighted by Gasteiger charge is 2.36. The van der Waals surface area contributed by atoms with Crippen molar-refractivity contribution in [1.29, 1.82) is 0 Å². The van der Waals surface area contributed by atoms with Crippen LogP contribution in [0.15, 0.2) is 24.4 Å². The zero-order valence-electron chi connectivity index (χ0n) is 16.7. The summed E-state index contributed by atoms with van der Waals surface area (Å²) >= 11 is 3.44. The number of amides is 1. The van der Waals surface area contributed by atoms with Crippen LogP contribution in [0.3, 0.4) is 0 Å². The van der Waals surface area contributed by atoms with E-state index in [1.165, 1.54) is 29.4 Å². The maximum atomic E-state index is 13.7. The van der Waals surface area contributed by atoms with Gasteiger partial charge in [0.1, 0.15) is 11.9 Å². The molecule has 1 aliphatic rings. The molecular weight excluding hydrogens is 580 g/mol. The second-order valence-corrected chi connectivity index (χ2v) is 10.2. The minimum atomic E-state index is -4.68. The SMILES string of the molecule is Cc1cc(C(F)(F)F)nc(-c2ccnc3cc(COPI)sc23)c1C(=O)N1CCC(F)C1. The second kappa shape index (κ2) is 9.44. The van der Waals surface area contributed by atoms with Crippen LogP contribution >= 0.6 is 39.8 Å². The zero-order chi connectivity index (χ0) is 23.0. The van der Waals surface area contributed by atoms with Crippen LogP contribution in [-0.4, -0.2) is 40.0 Å². The third-order valence-corrected chi connectivity index (χ3v) is 7.44. The van der Waals surface area contributed by atoms with Crippen LogP contribution < -0.4 is 0 Å². The molecule has 2 unspecified atom stereocenters. The van der Waals surface area contributed by atoms with Crippen LogP contribution in [0.4, 0.5) is 17.6 Å². The molecule has 0 spiro atoms. The summed E-state index contributed by atoms with van der Waals surface area (Å²) in [4.78, 5) is 23.7. The van der Waals surface area contributed by atoms with Gasteiger partial charge in [-0.25, -0.2) is 9.37 Å². The summed E-state index contributed by atoms with van der Waals surface area (Å²) in [6, 6.07) is 4.24. The Balaban J connectivity index is 1.91. The summed E-state index contributed by atoms with van der Waals surface area (Å²) < 4.78 is 60.5. The number of fused-ring (bicyclic) bond motifs is 1. The van der Waals surface area contributed by atoms with Gasteiger partial charge in [-0.3, -0.25) is 9.78 Å². The number of likely N-dealkylation sites (tertiary alicyclic amines) is 1. The molecule has 3 aromatic rings. The van der Waals surface area contributed by atoms with Crippen molar-refractivity contribution in [2.24, 2.45) is 0 Å². The molecule has 0 aliphatic carbocycles. The van der Waals surface area contributed by atoms with Crippen LogP contribution in [0.1, 0.15) is 32.9 Å². The van der Waals surface area contributed by atoms with E-state index in [1.54, 1.807) is 6.07 Å². The first-order chi connectivity index (χ1) is 15.2. The van der Waals surface area contributed by atoms with Crippen molar-refractivity contribution in [1.82, 2.24) is 14.9 Å². The fourth-order valence-electron chi connectivity index (χ4n) is 3.69. The molecule has 3 aromatic heterocycles. The quantitative estimate of drug-likeness (QED) is 0.196. The highest BCUT2D eigenvalue weighted by molar-refractivity contribution is 14.2. The fourth-order valence-corrected chi connectivity index (χ4v) is 5.51. The van der Waals surface area contributed by atoms with E-state index in [2.05, 4.69) is 32.0 Å². The predicted molar refractivity (Wildman–Crippen MR) is 125 cm³/mol. The van der Waals surface area contributed by atoms with Gasteiger partial charge in [0, 0.05) is 23.2 Å². The Bertz CT molecular complexity index is 1170. The standard InChI is InChI=1S/C20H17F4IN3O2PS/c1-10-6-15(20(22,23)24)27-17(16(10)19(29)28-5-3-11(21)8-28)13-2-4-26-14-7-12(9-30-31-25)32-18(13)14/h2,4,6-7,11,31H,3,5,8-9H2,1H3. The predicted octanol–water partition coefficient (Wildman–Crippen LogP) is 6.33. The van der Waals surface area contributed by atoms with Gasteiger partial charge >= 0.3 is 6.18 Å². The maximum Gasteiger partial charge on any atom is 0.433 e. The highest BCUT2D eigenvalue weighted by Crippen LogP contribution is 2.39. The van der Waals surface area contributed by atoms with E-state index in [0.717, 1.165) is 10.9 Å². The Kier molecular flexibility index (Phi) is 7.00. The number of halogens is 5. The third-order valence-electron chi connectivity index (χ3n) is 5.13. The van der Waals surface area contributed by atoms with Gasteiger partial charge in [-0.2, -0.15) is 13.2 Å². The number of carbonyl (C=O) groups is 1. The Hall–Kier alpha value is -1.43. The summed E-state index contributed by atoms with van der Waals surface area (Å²) in [7, 11) is 0. The van der Waals surface area contributed by atoms with Gasteiger partial charge in [0.2, 0.25) is 0 Å². The van der Waals surface area contributed by atoms with E-state index >= 15 is 0 Å². The lowest BCUT2D eigenvalue weighted by atomic mass is 9.99. The average Bonchev–Trinajstić information content (AvgIpc) is 3.36. The number of alkyl halides is 4. The Morgan fingerprint density at radius 1 is 1.41 bits per heavy atom. The number of rotatable bonds is 5. The van der Waals surface area contributed by atoms with Crippen molar-refractivity contribution in [3.63, 3.8) is 0 Å². The van der Waals surface area contributed by atoms with Crippen LogP contribution in [0.25, 0.3) is 21.5 Å². The summed E-state index contributed by atoms with van der Waals surface area (Å²) in [6.45, 7) is 2.20. The average molecular weight is 597 g/mol. The lowest BCUT2D eigenvalue weighted by Gasteiger charge is -2.20. The molecule has 0 aromatic carbocycles. The number of carbonyl (C=O) groups excluding carboxylic acids is 1. The van der Waals surface area contributed by atoms with Crippen LogP contribution in [0.2, 0.25) is 0 Å². The number of thiophene rings is 1. The normalized spacial score (nSPS) is 17.2. The Morgan fingerprint density at radius 3 is 2.84 bits per heavy atom. The molecule has 0 bridgehead atoms. The van der Waals surface area contributed by atoms with Gasteiger partial charge in [0.15, 0.2) is 0 Å². The lowest BCUT2D eigenvalue weighted by molar-refractivity contribution is -0.141. The number of hydrogen-bond donors (Lipinski definition) is 0. The van der Waals surface area contributed by atoms with Gasteiger partial charge in [0.05, 0.1) is 41.1 Å². The fraction of sp³-hybridized carbons (Fsp3) is 0.350. The molecule has 4 heterocycles. The van der Waals surface area contributed by atoms with Crippen molar-refractivity contribution >= 4 is 56.0 Å². The van der Waals surface area contributed by atoms with E-state index in [4.69, 9.17) is 4.52 Å². The molecular formula is C20H17F4IN3O2PS. The van der Waals surface area contributed by atoms with Gasteiger partial charge in [-0.05, 0) is 59.1 Å². The molecule has 0 saturated carbocycles. The highest BCUT2D eigenvalue weighted by atomic mass is 127. The first-order valence-corrected chi connectivity index (χ1v) is 14.4. The molecule has 0 radical (unpaired) electrons. The molecule has 32 heavy (non-hydrogen) atoms. The van der Waals surface area contributed by atoms with Gasteiger partial charge < -0.3 is 9.42 Å². The monoisotopic (exact) mass is 597 g/mol. The molecule has 4 rings (SSSR count). The summed E-state index contributed by atoms with van der Waals surface area (Å²) in [5, 5.41) is 0. The molecule has 170 valence electrons. The Labute approximate surface area is 199 Å². The number of pyridine rings is 2. The molecule has 12 heteroatoms. The smallest absolute Gasteiger partial charge is 0.346 e. The zero-order valence-corrected chi connectivity index (χ0v) is 20.6. The molecule has 5 nitrogen and oxygen atoms in total. The molecule has 0 N–H and O–H groups in total. The van der Waals surface area contributed by atoms with Gasteiger partial charge in [-0.15, -0.1) is 11.3 Å². The number of aryl methyl sites for hydroxylation is 1. The maximum absolute atomic E-state index is 13.7. The van der Waals surface area contributed by atoms with Crippen molar-refractivity contribution < 1.29 is 26.9 Å². The molecule has 1 saturated heterocycles. The first kappa shape index (κ1) is 23.7. The first-order valence-electron chi connectivity index (χ1n) is 9.56. The van der Waals surface area contributed by atoms with Crippen molar-refractivity contribution in [3.8, 4) is 11.3 Å². The molecule has 1 fully saturated rings. The molecule has 1 aliphatic heterocycles. The van der Waals surface area contributed by atoms with E-state index in [9.17, 15) is 22.4 Å². The number of nitrogens with zero attached hydrogens (tertiary/aromatic N) is 3. The van der Waals surface area contributed by atoms with E-state index in [1.807, 2.05) is 6.07 Å². The minimum absolute atomic E-state index is 0.0551. The van der Waals surface area contributed by atoms with E-state index < -0.39 is 23.9 Å². The van der Waals surface area contributed by atoms with Crippen LogP contribution in [-0.2, 0) is 17.3 Å². The van der Waals surface area contributed by atoms with Gasteiger partial charge in [-0.1, -0.05) is 0 Å². The molecule has 1 amide bonds. The second-order valence-electron chi connectivity index (χ2n) is 7.33. The summed E-state index contributed by atoms with van der Waals surface area (Å²) in [6.07, 6.45) is -4.13. The minimum Gasteiger partial charge on any atom is -0.346 e. The number of hydrogen-bond acceptors (Lipinski definition) is 5. The van der Waals surface area contributed by atoms with Crippen molar-refractivity contribution in [3.05, 3.63) is 46.1 Å².